The molecule has 0 aliphatic heterocycles. The number of likely N-dealkylation sites (N-methyl/N-ethyl adjacent to an activating group) is 1. The zero-order chi connectivity index (χ0) is 12.8. The maximum atomic E-state index is 13.5. The molecule has 5 heteroatoms. The number of hydrogen-bond donors (Lipinski definition) is 1. The van der Waals surface area contributed by atoms with E-state index in [0.29, 0.717) is 12.0 Å². The van der Waals surface area contributed by atoms with Crippen LogP contribution in [0.3, 0.4) is 0 Å². The van der Waals surface area contributed by atoms with E-state index in [4.69, 9.17) is 0 Å². The van der Waals surface area contributed by atoms with Gasteiger partial charge in [-0.05, 0) is 18.2 Å². The molecule has 3 nitrogen and oxygen atoms in total. The standard InChI is InChI=1S/C13H16FN3S/c1-2-15-8-7-12-16-17-13(18-12)9-10-5-3-4-6-11(10)14/h3-6,15H,2,7-9H2,1H3. The molecular formula is C13H16FN3S. The smallest absolute Gasteiger partial charge is 0.126 e. The molecule has 18 heavy (non-hydrogen) atoms. The van der Waals surface area contributed by atoms with Crippen LogP contribution in [-0.4, -0.2) is 23.3 Å². The van der Waals surface area contributed by atoms with Crippen molar-refractivity contribution < 1.29 is 4.39 Å². The Bertz CT molecular complexity index is 498. The molecule has 0 aliphatic carbocycles. The first-order valence-corrected chi connectivity index (χ1v) is 6.86. The van der Waals surface area contributed by atoms with Crippen molar-refractivity contribution in [1.82, 2.24) is 15.5 Å². The van der Waals surface area contributed by atoms with Gasteiger partial charge < -0.3 is 5.32 Å². The second-order valence-electron chi connectivity index (χ2n) is 3.96. The highest BCUT2D eigenvalue weighted by Gasteiger charge is 2.07. The predicted molar refractivity (Wildman–Crippen MR) is 71.4 cm³/mol. The summed E-state index contributed by atoms with van der Waals surface area (Å²) in [7, 11) is 0. The molecule has 0 unspecified atom stereocenters. The third-order valence-corrected chi connectivity index (χ3v) is 3.56. The molecule has 1 aromatic carbocycles. The van der Waals surface area contributed by atoms with Crippen LogP contribution in [0.4, 0.5) is 4.39 Å². The second kappa shape index (κ2) is 6.56. The van der Waals surface area contributed by atoms with E-state index in [1.807, 2.05) is 6.07 Å². The van der Waals surface area contributed by atoms with Crippen LogP contribution in [0.1, 0.15) is 22.5 Å². The molecule has 0 bridgehead atoms. The van der Waals surface area contributed by atoms with Crippen LogP contribution in [0.2, 0.25) is 0 Å². The van der Waals surface area contributed by atoms with Gasteiger partial charge in [-0.3, -0.25) is 0 Å². The van der Waals surface area contributed by atoms with Gasteiger partial charge in [0.05, 0.1) is 0 Å². The molecule has 0 saturated carbocycles. The van der Waals surface area contributed by atoms with Gasteiger partial charge >= 0.3 is 0 Å². The van der Waals surface area contributed by atoms with Gasteiger partial charge in [-0.2, -0.15) is 0 Å². The minimum atomic E-state index is -0.179. The van der Waals surface area contributed by atoms with E-state index in [1.54, 1.807) is 23.5 Å². The van der Waals surface area contributed by atoms with E-state index < -0.39 is 0 Å². The van der Waals surface area contributed by atoms with Crippen LogP contribution < -0.4 is 5.32 Å². The van der Waals surface area contributed by atoms with E-state index in [-0.39, 0.29) is 5.82 Å². The van der Waals surface area contributed by atoms with Gasteiger partial charge in [-0.15, -0.1) is 21.5 Å². The summed E-state index contributed by atoms with van der Waals surface area (Å²) in [6, 6.07) is 6.80. The van der Waals surface area contributed by atoms with Gasteiger partial charge in [0.2, 0.25) is 0 Å². The molecule has 0 amide bonds. The molecule has 2 rings (SSSR count). The Morgan fingerprint density at radius 2 is 2.00 bits per heavy atom. The molecule has 96 valence electrons. The summed E-state index contributed by atoms with van der Waals surface area (Å²) in [5, 5.41) is 13.3. The molecular weight excluding hydrogens is 249 g/mol. The topological polar surface area (TPSA) is 37.8 Å². The number of benzene rings is 1. The average Bonchev–Trinajstić information content (AvgIpc) is 2.80. The molecule has 0 fully saturated rings. The summed E-state index contributed by atoms with van der Waals surface area (Å²) >= 11 is 1.56. The summed E-state index contributed by atoms with van der Waals surface area (Å²) in [6.07, 6.45) is 1.40. The van der Waals surface area contributed by atoms with E-state index in [9.17, 15) is 4.39 Å². The lowest BCUT2D eigenvalue weighted by Gasteiger charge is -1.98. The van der Waals surface area contributed by atoms with Crippen LogP contribution in [0.5, 0.6) is 0 Å². The quantitative estimate of drug-likeness (QED) is 0.815. The SMILES string of the molecule is CCNCCc1nnc(Cc2ccccc2F)s1. The summed E-state index contributed by atoms with van der Waals surface area (Å²) < 4.78 is 13.5. The molecule has 1 N–H and O–H groups in total. The number of rotatable bonds is 6. The van der Waals surface area contributed by atoms with Crippen molar-refractivity contribution in [2.24, 2.45) is 0 Å². The van der Waals surface area contributed by atoms with E-state index >= 15 is 0 Å². The maximum absolute atomic E-state index is 13.5. The van der Waals surface area contributed by atoms with Crippen LogP contribution in [0.15, 0.2) is 24.3 Å². The Morgan fingerprint density at radius 1 is 1.22 bits per heavy atom. The minimum absolute atomic E-state index is 0.179. The van der Waals surface area contributed by atoms with Gasteiger partial charge in [-0.25, -0.2) is 4.39 Å². The van der Waals surface area contributed by atoms with E-state index in [1.165, 1.54) is 6.07 Å². The normalized spacial score (nSPS) is 10.8. The van der Waals surface area contributed by atoms with Gasteiger partial charge in [-0.1, -0.05) is 25.1 Å². The first-order valence-electron chi connectivity index (χ1n) is 6.05. The predicted octanol–water partition coefficient (Wildman–Crippen LogP) is 2.42. The first kappa shape index (κ1) is 13.1. The fourth-order valence-electron chi connectivity index (χ4n) is 1.64. The van der Waals surface area contributed by atoms with Crippen molar-refractivity contribution in [2.45, 2.75) is 19.8 Å². The molecule has 1 heterocycles. The number of nitrogens with zero attached hydrogens (tertiary/aromatic N) is 2. The monoisotopic (exact) mass is 265 g/mol. The van der Waals surface area contributed by atoms with Crippen molar-refractivity contribution in [3.05, 3.63) is 45.7 Å². The Hall–Kier alpha value is -1.33. The number of hydrogen-bond acceptors (Lipinski definition) is 4. The Labute approximate surface area is 110 Å². The van der Waals surface area contributed by atoms with Crippen molar-refractivity contribution in [3.8, 4) is 0 Å². The van der Waals surface area contributed by atoms with Crippen LogP contribution in [0, 0.1) is 5.82 Å². The number of halogens is 1. The highest BCUT2D eigenvalue weighted by molar-refractivity contribution is 7.11. The van der Waals surface area contributed by atoms with Gasteiger partial charge in [0.25, 0.3) is 0 Å². The molecule has 0 aliphatic rings. The van der Waals surface area contributed by atoms with Crippen molar-refractivity contribution in [3.63, 3.8) is 0 Å². The molecule has 0 saturated heterocycles. The Kier molecular flexibility index (Phi) is 4.78. The van der Waals surface area contributed by atoms with Crippen molar-refractivity contribution >= 4 is 11.3 Å². The third-order valence-electron chi connectivity index (χ3n) is 2.57. The Balaban J connectivity index is 1.96. The van der Waals surface area contributed by atoms with Crippen LogP contribution in [0.25, 0.3) is 0 Å². The summed E-state index contributed by atoms with van der Waals surface area (Å²) in [6.45, 7) is 3.94. The number of aromatic nitrogens is 2. The third kappa shape index (κ3) is 3.58. The Morgan fingerprint density at radius 3 is 2.78 bits per heavy atom. The highest BCUT2D eigenvalue weighted by Crippen LogP contribution is 2.16. The van der Waals surface area contributed by atoms with Crippen LogP contribution >= 0.6 is 11.3 Å². The molecule has 1 aromatic heterocycles. The van der Waals surface area contributed by atoms with Crippen molar-refractivity contribution in [1.29, 1.82) is 0 Å². The fourth-order valence-corrected chi connectivity index (χ4v) is 2.50. The average molecular weight is 265 g/mol. The second-order valence-corrected chi connectivity index (χ2v) is 5.11. The molecule has 0 atom stereocenters. The van der Waals surface area contributed by atoms with Crippen molar-refractivity contribution in [2.75, 3.05) is 13.1 Å². The largest absolute Gasteiger partial charge is 0.317 e. The minimum Gasteiger partial charge on any atom is -0.317 e. The van der Waals surface area contributed by atoms with Gasteiger partial charge in [0.1, 0.15) is 15.8 Å². The zero-order valence-corrected chi connectivity index (χ0v) is 11.1. The fraction of sp³-hybridized carbons (Fsp3) is 0.385. The van der Waals surface area contributed by atoms with E-state index in [0.717, 1.165) is 29.5 Å². The molecule has 2 aromatic rings. The lowest BCUT2D eigenvalue weighted by atomic mass is 10.1. The van der Waals surface area contributed by atoms with Crippen LogP contribution in [-0.2, 0) is 12.8 Å². The summed E-state index contributed by atoms with van der Waals surface area (Å²) in [5.74, 6) is -0.179. The number of nitrogens with one attached hydrogen (secondary N) is 1. The lowest BCUT2D eigenvalue weighted by molar-refractivity contribution is 0.613. The zero-order valence-electron chi connectivity index (χ0n) is 10.3. The summed E-state index contributed by atoms with van der Waals surface area (Å²) in [4.78, 5) is 0. The molecule has 0 radical (unpaired) electrons. The van der Waals surface area contributed by atoms with Gasteiger partial charge in [0, 0.05) is 19.4 Å². The van der Waals surface area contributed by atoms with E-state index in [2.05, 4.69) is 22.4 Å². The lowest BCUT2D eigenvalue weighted by Crippen LogP contribution is -2.15. The van der Waals surface area contributed by atoms with Gasteiger partial charge in [0.15, 0.2) is 0 Å². The highest BCUT2D eigenvalue weighted by atomic mass is 32.1. The molecule has 0 spiro atoms. The first-order chi connectivity index (χ1) is 8.79. The maximum Gasteiger partial charge on any atom is 0.126 e. The summed E-state index contributed by atoms with van der Waals surface area (Å²) in [5.41, 5.74) is 0.673.